The summed E-state index contributed by atoms with van der Waals surface area (Å²) in [4.78, 5) is 15.8. The molecule has 2 fully saturated rings. The van der Waals surface area contributed by atoms with Crippen LogP contribution in [0.2, 0.25) is 0 Å². The summed E-state index contributed by atoms with van der Waals surface area (Å²) >= 11 is 0. The maximum atomic E-state index is 13.9. The lowest BCUT2D eigenvalue weighted by Crippen LogP contribution is -2.48. The Kier molecular flexibility index (Phi) is 4.25. The number of halogens is 1. The number of piperidine rings is 1. The second kappa shape index (κ2) is 6.32. The summed E-state index contributed by atoms with van der Waals surface area (Å²) in [6, 6.07) is 6.70. The molecule has 1 atom stereocenters. The van der Waals surface area contributed by atoms with Gasteiger partial charge in [-0.05, 0) is 37.6 Å². The minimum atomic E-state index is -0.278. The highest BCUT2D eigenvalue weighted by Gasteiger charge is 2.31. The third-order valence-corrected chi connectivity index (χ3v) is 4.38. The number of nitrogens with zero attached hydrogens (tertiary/aromatic N) is 3. The van der Waals surface area contributed by atoms with Gasteiger partial charge in [-0.15, -0.1) is 0 Å². The zero-order chi connectivity index (χ0) is 15.5. The zero-order valence-corrected chi connectivity index (χ0v) is 12.4. The molecule has 1 aromatic rings. The number of hydrogen-bond acceptors (Lipinski definition) is 3. The molecule has 2 aliphatic rings. The van der Waals surface area contributed by atoms with Crippen molar-refractivity contribution in [3.05, 3.63) is 35.1 Å². The fourth-order valence-corrected chi connectivity index (χ4v) is 3.27. The van der Waals surface area contributed by atoms with Gasteiger partial charge in [0.15, 0.2) is 0 Å². The van der Waals surface area contributed by atoms with E-state index in [2.05, 4.69) is 10.2 Å². The lowest BCUT2D eigenvalue weighted by atomic mass is 10.0. The number of amides is 2. The Bertz CT molecular complexity index is 613. The molecule has 0 aliphatic carbocycles. The third-order valence-electron chi connectivity index (χ3n) is 4.38. The first-order valence-corrected chi connectivity index (χ1v) is 7.63. The fourth-order valence-electron chi connectivity index (χ4n) is 3.27. The molecule has 6 heteroatoms. The number of benzene rings is 1. The van der Waals surface area contributed by atoms with Crippen LogP contribution in [0.4, 0.5) is 9.18 Å². The first-order valence-electron chi connectivity index (χ1n) is 7.63. The van der Waals surface area contributed by atoms with Gasteiger partial charge in [-0.1, -0.05) is 0 Å². The van der Waals surface area contributed by atoms with E-state index >= 15 is 0 Å². The van der Waals surface area contributed by atoms with Gasteiger partial charge in [0, 0.05) is 37.8 Å². The number of likely N-dealkylation sites (tertiary alicyclic amines) is 1. The summed E-state index contributed by atoms with van der Waals surface area (Å²) in [5.74, 6) is -0.278. The van der Waals surface area contributed by atoms with Crippen LogP contribution >= 0.6 is 0 Å². The Morgan fingerprint density at radius 3 is 3.00 bits per heavy atom. The quantitative estimate of drug-likeness (QED) is 0.924. The number of nitrogens with one attached hydrogen (secondary N) is 1. The van der Waals surface area contributed by atoms with Gasteiger partial charge in [-0.2, -0.15) is 5.26 Å². The smallest absolute Gasteiger partial charge is 0.317 e. The molecular weight excluding hydrogens is 283 g/mol. The number of carbonyl (C=O) groups is 1. The molecule has 2 aliphatic heterocycles. The molecule has 1 N–H and O–H groups in total. The minimum absolute atomic E-state index is 0.00417. The summed E-state index contributed by atoms with van der Waals surface area (Å²) in [6.45, 7) is 3.57. The molecule has 3 rings (SSSR count). The molecule has 1 aromatic carbocycles. The second-order valence-electron chi connectivity index (χ2n) is 5.87. The van der Waals surface area contributed by atoms with E-state index in [1.807, 2.05) is 11.0 Å². The number of hydrogen-bond donors (Lipinski definition) is 1. The van der Waals surface area contributed by atoms with E-state index in [1.54, 1.807) is 6.07 Å². The van der Waals surface area contributed by atoms with E-state index in [0.29, 0.717) is 24.2 Å². The number of urea groups is 1. The van der Waals surface area contributed by atoms with Crippen molar-refractivity contribution in [3.63, 3.8) is 0 Å². The van der Waals surface area contributed by atoms with E-state index in [-0.39, 0.29) is 17.9 Å². The molecule has 0 spiro atoms. The van der Waals surface area contributed by atoms with Crippen molar-refractivity contribution < 1.29 is 9.18 Å². The van der Waals surface area contributed by atoms with E-state index in [9.17, 15) is 9.18 Å². The molecule has 2 saturated heterocycles. The Hall–Kier alpha value is -2.13. The summed E-state index contributed by atoms with van der Waals surface area (Å²) in [7, 11) is 0. The average Bonchev–Trinajstić information content (AvgIpc) is 2.96. The van der Waals surface area contributed by atoms with Crippen LogP contribution in [-0.4, -0.2) is 48.1 Å². The normalized spacial score (nSPS) is 22.5. The van der Waals surface area contributed by atoms with Crippen LogP contribution in [0.1, 0.15) is 24.0 Å². The second-order valence-corrected chi connectivity index (χ2v) is 5.87. The maximum Gasteiger partial charge on any atom is 0.317 e. The SMILES string of the molecule is N#Cc1ccc(F)c(CN2CCCC(N3CCNC3=O)C2)c1. The highest BCUT2D eigenvalue weighted by Crippen LogP contribution is 2.21. The Morgan fingerprint density at radius 2 is 2.27 bits per heavy atom. The van der Waals surface area contributed by atoms with Crippen molar-refractivity contribution >= 4 is 6.03 Å². The lowest BCUT2D eigenvalue weighted by Gasteiger charge is -2.37. The molecule has 22 heavy (non-hydrogen) atoms. The Balaban J connectivity index is 1.68. The highest BCUT2D eigenvalue weighted by molar-refractivity contribution is 5.76. The van der Waals surface area contributed by atoms with Gasteiger partial charge in [0.1, 0.15) is 5.82 Å². The molecule has 0 aromatic heterocycles. The van der Waals surface area contributed by atoms with Crippen molar-refractivity contribution in [1.82, 2.24) is 15.1 Å². The molecule has 116 valence electrons. The molecule has 5 nitrogen and oxygen atoms in total. The van der Waals surface area contributed by atoms with Crippen molar-refractivity contribution in [1.29, 1.82) is 5.26 Å². The predicted molar refractivity (Wildman–Crippen MR) is 79.5 cm³/mol. The van der Waals surface area contributed by atoms with Gasteiger partial charge in [-0.3, -0.25) is 4.90 Å². The monoisotopic (exact) mass is 302 g/mol. The molecule has 0 saturated carbocycles. The van der Waals surface area contributed by atoms with Crippen LogP contribution < -0.4 is 5.32 Å². The third kappa shape index (κ3) is 3.04. The standard InChI is InChI=1S/C16H19FN4O/c17-15-4-3-12(9-18)8-13(15)10-20-6-1-2-14(11-20)21-7-5-19-16(21)22/h3-4,8,14H,1-2,5-7,10-11H2,(H,19,22). The summed E-state index contributed by atoms with van der Waals surface area (Å²) in [5, 5.41) is 11.8. The number of carbonyl (C=O) groups excluding carboxylic acids is 1. The van der Waals surface area contributed by atoms with Crippen LogP contribution in [0, 0.1) is 17.1 Å². The molecular formula is C16H19FN4O. The van der Waals surface area contributed by atoms with Crippen molar-refractivity contribution in [3.8, 4) is 6.07 Å². The first-order chi connectivity index (χ1) is 10.7. The van der Waals surface area contributed by atoms with Gasteiger partial charge < -0.3 is 10.2 Å². The van der Waals surface area contributed by atoms with E-state index in [1.165, 1.54) is 12.1 Å². The topological polar surface area (TPSA) is 59.4 Å². The zero-order valence-electron chi connectivity index (χ0n) is 12.4. The predicted octanol–water partition coefficient (Wildman–Crippen LogP) is 1.69. The largest absolute Gasteiger partial charge is 0.336 e. The first kappa shape index (κ1) is 14.8. The number of rotatable bonds is 3. The van der Waals surface area contributed by atoms with Crippen LogP contribution in [0.15, 0.2) is 18.2 Å². The summed E-state index contributed by atoms with van der Waals surface area (Å²) < 4.78 is 13.9. The van der Waals surface area contributed by atoms with Gasteiger partial charge in [0.2, 0.25) is 0 Å². The molecule has 1 unspecified atom stereocenters. The van der Waals surface area contributed by atoms with Crippen molar-refractivity contribution in [2.24, 2.45) is 0 Å². The van der Waals surface area contributed by atoms with Crippen molar-refractivity contribution in [2.75, 3.05) is 26.2 Å². The highest BCUT2D eigenvalue weighted by atomic mass is 19.1. The Morgan fingerprint density at radius 1 is 1.41 bits per heavy atom. The van der Waals surface area contributed by atoms with Gasteiger partial charge in [0.05, 0.1) is 11.6 Å². The Labute approximate surface area is 129 Å². The van der Waals surface area contributed by atoms with Crippen LogP contribution in [0.5, 0.6) is 0 Å². The molecule has 2 amide bonds. The van der Waals surface area contributed by atoms with Gasteiger partial charge in [0.25, 0.3) is 0 Å². The maximum absolute atomic E-state index is 13.9. The van der Waals surface area contributed by atoms with E-state index in [0.717, 1.165) is 32.5 Å². The van der Waals surface area contributed by atoms with Crippen LogP contribution in [-0.2, 0) is 6.54 Å². The molecule has 2 heterocycles. The van der Waals surface area contributed by atoms with Crippen molar-refractivity contribution in [2.45, 2.75) is 25.4 Å². The minimum Gasteiger partial charge on any atom is -0.336 e. The van der Waals surface area contributed by atoms with E-state index in [4.69, 9.17) is 5.26 Å². The van der Waals surface area contributed by atoms with Crippen LogP contribution in [0.25, 0.3) is 0 Å². The lowest BCUT2D eigenvalue weighted by molar-refractivity contribution is 0.121. The number of nitriles is 1. The molecule has 0 bridgehead atoms. The summed E-state index contributed by atoms with van der Waals surface area (Å²) in [6.07, 6.45) is 1.98. The van der Waals surface area contributed by atoms with Gasteiger partial charge in [-0.25, -0.2) is 9.18 Å². The molecule has 0 radical (unpaired) electrons. The summed E-state index contributed by atoms with van der Waals surface area (Å²) in [5.41, 5.74) is 1.02. The van der Waals surface area contributed by atoms with E-state index < -0.39 is 0 Å². The fraction of sp³-hybridized carbons (Fsp3) is 0.500. The van der Waals surface area contributed by atoms with Gasteiger partial charge >= 0.3 is 6.03 Å². The average molecular weight is 302 g/mol. The van der Waals surface area contributed by atoms with Crippen LogP contribution in [0.3, 0.4) is 0 Å².